The molecule has 1 aliphatic heterocycles. The minimum Gasteiger partial charge on any atom is -0.507 e. The standard InChI is InChI=1S/C26H24N4O6/c1-2-16-36-21-10-6-19(7-11-21)24(31)22-23(18-4-8-20(9-5-18)30(34)35)29(26(33)25(22)32)14-3-13-28-15-12-27-17-28/h2,4-12,15,17,23H,1,3,13-14,16H2,(H,31,32)/p+1. The highest BCUT2D eigenvalue weighted by molar-refractivity contribution is 6.46. The molecule has 1 aliphatic rings. The predicted octanol–water partition coefficient (Wildman–Crippen LogP) is 3.29. The smallest absolute Gasteiger partial charge is 0.295 e. The number of aliphatic hydroxyl groups excluding tert-OH is 1. The van der Waals surface area contributed by atoms with Crippen LogP contribution in [-0.4, -0.2) is 44.8 Å². The van der Waals surface area contributed by atoms with Gasteiger partial charge in [-0.1, -0.05) is 12.7 Å². The highest BCUT2D eigenvalue weighted by atomic mass is 16.6. The zero-order chi connectivity index (χ0) is 25.7. The van der Waals surface area contributed by atoms with Crippen LogP contribution in [0.2, 0.25) is 0 Å². The Morgan fingerprint density at radius 1 is 1.19 bits per heavy atom. The van der Waals surface area contributed by atoms with Crippen molar-refractivity contribution in [1.82, 2.24) is 9.88 Å². The number of nitrogens with one attached hydrogen (secondary N) is 1. The van der Waals surface area contributed by atoms with Crippen molar-refractivity contribution in [3.8, 4) is 5.75 Å². The largest absolute Gasteiger partial charge is 0.507 e. The van der Waals surface area contributed by atoms with E-state index in [1.165, 1.54) is 29.2 Å². The zero-order valence-electron chi connectivity index (χ0n) is 19.4. The SMILES string of the molecule is C=CCOc1ccc(C(O)=C2C(=O)C(=O)N(CCC[n+]3cc[nH]c3)C2c2ccc([N+](=O)[O-])cc2)cc1. The van der Waals surface area contributed by atoms with Crippen molar-refractivity contribution in [1.29, 1.82) is 0 Å². The van der Waals surface area contributed by atoms with Gasteiger partial charge in [0.2, 0.25) is 6.33 Å². The number of hydrogen-bond donors (Lipinski definition) is 2. The third kappa shape index (κ3) is 5.02. The number of hydrogen-bond acceptors (Lipinski definition) is 6. The minimum absolute atomic E-state index is 0.0667. The van der Waals surface area contributed by atoms with Crippen LogP contribution in [0.3, 0.4) is 0 Å². The van der Waals surface area contributed by atoms with E-state index in [9.17, 15) is 24.8 Å². The van der Waals surface area contributed by atoms with Crippen LogP contribution in [0.15, 0.2) is 85.5 Å². The van der Waals surface area contributed by atoms with Crippen molar-refractivity contribution in [2.45, 2.75) is 19.0 Å². The number of nitro benzene ring substituents is 1. The molecule has 0 aliphatic carbocycles. The first kappa shape index (κ1) is 24.4. The fourth-order valence-electron chi connectivity index (χ4n) is 4.14. The number of non-ortho nitro benzene ring substituents is 1. The molecule has 10 nitrogen and oxygen atoms in total. The van der Waals surface area contributed by atoms with Crippen LogP contribution in [0, 0.1) is 10.1 Å². The second-order valence-corrected chi connectivity index (χ2v) is 8.17. The van der Waals surface area contributed by atoms with Crippen LogP contribution in [0.25, 0.3) is 5.76 Å². The number of imidazole rings is 1. The van der Waals surface area contributed by atoms with Gasteiger partial charge in [0.05, 0.1) is 23.1 Å². The number of carbonyl (C=O) groups is 2. The first-order valence-corrected chi connectivity index (χ1v) is 11.3. The van der Waals surface area contributed by atoms with Crippen molar-refractivity contribution in [2.75, 3.05) is 13.2 Å². The molecule has 10 heteroatoms. The number of rotatable bonds is 10. The number of aromatic amines is 1. The molecular formula is C26H25N4O6+. The number of ketones is 1. The minimum atomic E-state index is -0.890. The molecule has 0 spiro atoms. The maximum atomic E-state index is 13.1. The summed E-state index contributed by atoms with van der Waals surface area (Å²) in [6, 6.07) is 11.2. The number of carbonyl (C=O) groups excluding carboxylic acids is 2. The van der Waals surface area contributed by atoms with Gasteiger partial charge in [0.25, 0.3) is 17.4 Å². The quantitative estimate of drug-likeness (QED) is 0.0855. The average molecular weight is 490 g/mol. The first-order chi connectivity index (χ1) is 17.4. The summed E-state index contributed by atoms with van der Waals surface area (Å²) in [5.74, 6) is -1.31. The summed E-state index contributed by atoms with van der Waals surface area (Å²) in [7, 11) is 0. The van der Waals surface area contributed by atoms with E-state index in [0.29, 0.717) is 36.4 Å². The lowest BCUT2D eigenvalue weighted by Crippen LogP contribution is -2.36. The Morgan fingerprint density at radius 3 is 2.53 bits per heavy atom. The van der Waals surface area contributed by atoms with E-state index >= 15 is 0 Å². The van der Waals surface area contributed by atoms with Gasteiger partial charge in [-0.05, 0) is 42.0 Å². The number of aliphatic hydroxyl groups is 1. The van der Waals surface area contributed by atoms with Crippen molar-refractivity contribution >= 4 is 23.1 Å². The summed E-state index contributed by atoms with van der Waals surface area (Å²) in [5, 5.41) is 22.3. The number of aromatic nitrogens is 2. The number of ether oxygens (including phenoxy) is 1. The lowest BCUT2D eigenvalue weighted by atomic mass is 9.95. The molecule has 2 heterocycles. The summed E-state index contributed by atoms with van der Waals surface area (Å²) in [6.45, 7) is 4.76. The highest BCUT2D eigenvalue weighted by Crippen LogP contribution is 2.40. The molecule has 1 atom stereocenters. The van der Waals surface area contributed by atoms with Crippen LogP contribution in [0.5, 0.6) is 5.75 Å². The fourth-order valence-corrected chi connectivity index (χ4v) is 4.14. The Morgan fingerprint density at radius 2 is 1.92 bits per heavy atom. The van der Waals surface area contributed by atoms with Gasteiger partial charge in [0.15, 0.2) is 0 Å². The van der Waals surface area contributed by atoms with Crippen LogP contribution in [-0.2, 0) is 16.1 Å². The van der Waals surface area contributed by atoms with E-state index in [1.54, 1.807) is 42.9 Å². The van der Waals surface area contributed by atoms with Gasteiger partial charge in [0, 0.05) is 30.7 Å². The number of Topliss-reactive ketones (excluding diaryl/α,β-unsaturated/α-hetero) is 1. The Hall–Kier alpha value is -4.73. The summed E-state index contributed by atoms with van der Waals surface area (Å²) in [5.41, 5.74) is 0.646. The highest BCUT2D eigenvalue weighted by Gasteiger charge is 2.45. The van der Waals surface area contributed by atoms with Crippen molar-refractivity contribution in [2.24, 2.45) is 0 Å². The molecule has 0 saturated carbocycles. The number of amides is 1. The van der Waals surface area contributed by atoms with E-state index in [-0.39, 0.29) is 23.6 Å². The van der Waals surface area contributed by atoms with E-state index in [2.05, 4.69) is 11.6 Å². The molecule has 184 valence electrons. The monoisotopic (exact) mass is 489 g/mol. The molecule has 1 unspecified atom stereocenters. The topological polar surface area (TPSA) is 130 Å². The normalized spacial score (nSPS) is 16.8. The van der Waals surface area contributed by atoms with Gasteiger partial charge in [0.1, 0.15) is 30.5 Å². The third-order valence-electron chi connectivity index (χ3n) is 5.87. The molecule has 1 saturated heterocycles. The number of benzene rings is 2. The molecule has 3 aromatic rings. The fraction of sp³-hybridized carbons (Fsp3) is 0.192. The van der Waals surface area contributed by atoms with Crippen LogP contribution < -0.4 is 9.30 Å². The van der Waals surface area contributed by atoms with Gasteiger partial charge in [-0.25, -0.2) is 4.57 Å². The van der Waals surface area contributed by atoms with Crippen LogP contribution >= 0.6 is 0 Å². The molecular weight excluding hydrogens is 464 g/mol. The Kier molecular flexibility index (Phi) is 7.24. The van der Waals surface area contributed by atoms with E-state index < -0.39 is 22.7 Å². The van der Waals surface area contributed by atoms with Gasteiger partial charge in [-0.2, -0.15) is 0 Å². The summed E-state index contributed by atoms with van der Waals surface area (Å²) in [4.78, 5) is 41.1. The second kappa shape index (κ2) is 10.7. The maximum absolute atomic E-state index is 13.1. The van der Waals surface area contributed by atoms with Crippen molar-refractivity contribution in [3.63, 3.8) is 0 Å². The molecule has 36 heavy (non-hydrogen) atoms. The Balaban J connectivity index is 1.70. The van der Waals surface area contributed by atoms with Crippen molar-refractivity contribution in [3.05, 3.63) is 107 Å². The van der Waals surface area contributed by atoms with Crippen LogP contribution in [0.4, 0.5) is 5.69 Å². The van der Waals surface area contributed by atoms with Crippen LogP contribution in [0.1, 0.15) is 23.6 Å². The molecule has 2 N–H and O–H groups in total. The Labute approximate surface area is 206 Å². The predicted molar refractivity (Wildman–Crippen MR) is 130 cm³/mol. The van der Waals surface area contributed by atoms with Crippen molar-refractivity contribution < 1.29 is 28.9 Å². The lowest BCUT2D eigenvalue weighted by molar-refractivity contribution is -0.695. The number of H-pyrrole nitrogens is 1. The molecule has 2 aromatic carbocycles. The second-order valence-electron chi connectivity index (χ2n) is 8.17. The van der Waals surface area contributed by atoms with E-state index in [0.717, 1.165) is 0 Å². The van der Waals surface area contributed by atoms with E-state index in [4.69, 9.17) is 4.74 Å². The van der Waals surface area contributed by atoms with Gasteiger partial charge >= 0.3 is 0 Å². The van der Waals surface area contributed by atoms with Gasteiger partial charge in [-0.3, -0.25) is 24.7 Å². The lowest BCUT2D eigenvalue weighted by Gasteiger charge is -2.25. The molecule has 1 fully saturated rings. The number of nitrogens with zero attached hydrogens (tertiary/aromatic N) is 3. The number of likely N-dealkylation sites (tertiary alicyclic amines) is 1. The van der Waals surface area contributed by atoms with Gasteiger partial charge in [-0.15, -0.1) is 0 Å². The van der Waals surface area contributed by atoms with Gasteiger partial charge < -0.3 is 14.7 Å². The summed E-state index contributed by atoms with van der Waals surface area (Å²) in [6.07, 6.45) is 7.56. The number of aryl methyl sites for hydroxylation is 1. The Bertz CT molecular complexity index is 1300. The molecule has 4 rings (SSSR count). The average Bonchev–Trinajstić information content (AvgIpc) is 3.50. The zero-order valence-corrected chi connectivity index (χ0v) is 19.4. The number of nitro groups is 1. The molecule has 0 radical (unpaired) electrons. The third-order valence-corrected chi connectivity index (χ3v) is 5.87. The molecule has 1 amide bonds. The summed E-state index contributed by atoms with van der Waals surface area (Å²) < 4.78 is 7.37. The van der Waals surface area contributed by atoms with E-state index in [1.807, 2.05) is 10.8 Å². The summed E-state index contributed by atoms with van der Waals surface area (Å²) >= 11 is 0. The maximum Gasteiger partial charge on any atom is 0.295 e. The first-order valence-electron chi connectivity index (χ1n) is 11.3. The molecule has 0 bridgehead atoms. The molecule has 1 aromatic heterocycles.